The Balaban J connectivity index is 0.00000208. The van der Waals surface area contributed by atoms with Crippen molar-refractivity contribution in [2.45, 2.75) is 13.8 Å². The van der Waals surface area contributed by atoms with E-state index < -0.39 is 0 Å². The van der Waals surface area contributed by atoms with E-state index in [4.69, 9.17) is 4.74 Å². The summed E-state index contributed by atoms with van der Waals surface area (Å²) in [4.78, 5) is 16.9. The number of fused-ring (bicyclic) bond motifs is 1. The van der Waals surface area contributed by atoms with E-state index in [1.807, 2.05) is 50.2 Å². The number of nitrogens with one attached hydrogen (secondary N) is 1. The Morgan fingerprint density at radius 3 is 2.75 bits per heavy atom. The molecule has 0 saturated carbocycles. The molecule has 0 saturated heterocycles. The lowest BCUT2D eigenvalue weighted by molar-refractivity contribution is 0.101. The third kappa shape index (κ3) is 3.76. The maximum atomic E-state index is 12.4. The van der Waals surface area contributed by atoms with Crippen molar-refractivity contribution in [3.8, 4) is 5.75 Å². The summed E-state index contributed by atoms with van der Waals surface area (Å²) >= 11 is 1.52. The van der Waals surface area contributed by atoms with Crippen LogP contribution in [0.1, 0.15) is 21.5 Å². The van der Waals surface area contributed by atoms with E-state index >= 15 is 0 Å². The molecule has 6 heteroatoms. The van der Waals surface area contributed by atoms with Crippen LogP contribution in [0.3, 0.4) is 0 Å². The minimum atomic E-state index is 0. The normalized spacial score (nSPS) is 10.3. The van der Waals surface area contributed by atoms with Gasteiger partial charge in [0.2, 0.25) is 0 Å². The molecule has 3 rings (SSSR count). The molecule has 0 unspecified atom stereocenters. The number of aromatic nitrogens is 1. The zero-order valence-corrected chi connectivity index (χ0v) is 16.3. The first-order valence-corrected chi connectivity index (χ1v) is 8.18. The van der Waals surface area contributed by atoms with Gasteiger partial charge in [-0.1, -0.05) is 41.2 Å². The Labute approximate surface area is 155 Å². The van der Waals surface area contributed by atoms with Crippen LogP contribution in [-0.2, 0) is 0 Å². The van der Waals surface area contributed by atoms with Crippen LogP contribution >= 0.6 is 28.3 Å². The molecule has 0 amide bonds. The number of methoxy groups -OCH3 is 1. The van der Waals surface area contributed by atoms with Crippen molar-refractivity contribution in [3.63, 3.8) is 0 Å². The van der Waals surface area contributed by atoms with Crippen LogP contribution in [0.5, 0.6) is 5.75 Å². The molecule has 0 aliphatic rings. The summed E-state index contributed by atoms with van der Waals surface area (Å²) in [5, 5.41) is 3.85. The van der Waals surface area contributed by atoms with Gasteiger partial charge in [-0.2, -0.15) is 0 Å². The van der Waals surface area contributed by atoms with Crippen molar-refractivity contribution in [2.24, 2.45) is 0 Å². The summed E-state index contributed by atoms with van der Waals surface area (Å²) in [5.41, 5.74) is 3.73. The largest absolute Gasteiger partial charge is 0.494 e. The zero-order valence-electron chi connectivity index (χ0n) is 13.8. The van der Waals surface area contributed by atoms with E-state index in [1.165, 1.54) is 11.3 Å². The van der Waals surface area contributed by atoms with Crippen LogP contribution in [0.15, 0.2) is 36.4 Å². The van der Waals surface area contributed by atoms with Crippen LogP contribution in [0.2, 0.25) is 0 Å². The predicted molar refractivity (Wildman–Crippen MR) is 105 cm³/mol. The summed E-state index contributed by atoms with van der Waals surface area (Å²) in [6.07, 6.45) is 0. The standard InChI is InChI=1S/C18H18N2O2S.BrH/c1-11-7-8-13(12(2)9-11)14(21)10-19-18-20-17-15(22-3)5-4-6-16(17)23-18;/h4-9H,10H2,1-3H3,(H,19,20);1H. The van der Waals surface area contributed by atoms with Gasteiger partial charge in [-0.05, 0) is 31.5 Å². The number of Topliss-reactive ketones (excluding diaryl/α,β-unsaturated/α-hetero) is 1. The van der Waals surface area contributed by atoms with Crippen LogP contribution in [0, 0.1) is 13.8 Å². The van der Waals surface area contributed by atoms with E-state index in [2.05, 4.69) is 10.3 Å². The fourth-order valence-corrected chi connectivity index (χ4v) is 3.42. The number of ether oxygens (including phenoxy) is 1. The van der Waals surface area contributed by atoms with Gasteiger partial charge in [-0.25, -0.2) is 4.98 Å². The van der Waals surface area contributed by atoms with Gasteiger partial charge in [0.05, 0.1) is 18.4 Å². The van der Waals surface area contributed by atoms with Gasteiger partial charge >= 0.3 is 0 Å². The first kappa shape index (κ1) is 18.4. The third-order valence-electron chi connectivity index (χ3n) is 3.68. The number of halogens is 1. The van der Waals surface area contributed by atoms with Crippen LogP contribution in [0.25, 0.3) is 10.2 Å². The van der Waals surface area contributed by atoms with E-state index in [0.29, 0.717) is 0 Å². The highest BCUT2D eigenvalue weighted by Crippen LogP contribution is 2.32. The maximum Gasteiger partial charge on any atom is 0.184 e. The number of ketones is 1. The second-order valence-corrected chi connectivity index (χ2v) is 6.45. The minimum Gasteiger partial charge on any atom is -0.494 e. The Morgan fingerprint density at radius 1 is 1.25 bits per heavy atom. The molecule has 0 atom stereocenters. The number of nitrogens with zero attached hydrogens (tertiary/aromatic N) is 1. The van der Waals surface area contributed by atoms with Gasteiger partial charge < -0.3 is 10.1 Å². The van der Waals surface area contributed by atoms with Gasteiger partial charge in [-0.15, -0.1) is 17.0 Å². The lowest BCUT2D eigenvalue weighted by atomic mass is 10.0. The lowest BCUT2D eigenvalue weighted by Gasteiger charge is -2.06. The van der Waals surface area contributed by atoms with Gasteiger partial charge in [0, 0.05) is 5.56 Å². The Kier molecular flexibility index (Phi) is 5.96. The second-order valence-electron chi connectivity index (χ2n) is 5.42. The predicted octanol–water partition coefficient (Wildman–Crippen LogP) is 4.79. The number of carbonyl (C=O) groups is 1. The van der Waals surface area contributed by atoms with Crippen LogP contribution in [-0.4, -0.2) is 24.4 Å². The molecule has 24 heavy (non-hydrogen) atoms. The molecule has 0 fully saturated rings. The van der Waals surface area contributed by atoms with Gasteiger partial charge in [-0.3, -0.25) is 4.79 Å². The smallest absolute Gasteiger partial charge is 0.184 e. The van der Waals surface area contributed by atoms with Crippen molar-refractivity contribution in [2.75, 3.05) is 19.0 Å². The van der Waals surface area contributed by atoms with Crippen molar-refractivity contribution in [1.82, 2.24) is 4.98 Å². The molecule has 126 valence electrons. The van der Waals surface area contributed by atoms with Gasteiger partial charge in [0.25, 0.3) is 0 Å². The average molecular weight is 407 g/mol. The Morgan fingerprint density at radius 2 is 2.04 bits per heavy atom. The molecule has 3 aromatic rings. The quantitative estimate of drug-likeness (QED) is 0.618. The number of benzene rings is 2. The van der Waals surface area contributed by atoms with Crippen LogP contribution in [0.4, 0.5) is 5.13 Å². The van der Waals surface area contributed by atoms with Crippen molar-refractivity contribution < 1.29 is 9.53 Å². The fourth-order valence-electron chi connectivity index (χ4n) is 2.54. The number of carbonyl (C=O) groups excluding carboxylic acids is 1. The number of thiazole rings is 1. The van der Waals surface area contributed by atoms with E-state index in [1.54, 1.807) is 7.11 Å². The number of anilines is 1. The molecule has 0 aliphatic heterocycles. The van der Waals surface area contributed by atoms with Gasteiger partial charge in [0.1, 0.15) is 11.3 Å². The third-order valence-corrected chi connectivity index (χ3v) is 4.66. The summed E-state index contributed by atoms with van der Waals surface area (Å²) in [5.74, 6) is 0.807. The summed E-state index contributed by atoms with van der Waals surface area (Å²) in [6, 6.07) is 11.7. The van der Waals surface area contributed by atoms with Crippen molar-refractivity contribution in [1.29, 1.82) is 0 Å². The number of hydrogen-bond acceptors (Lipinski definition) is 5. The molecule has 1 heterocycles. The van der Waals surface area contributed by atoms with Gasteiger partial charge in [0.15, 0.2) is 10.9 Å². The first-order chi connectivity index (χ1) is 11.1. The molecule has 0 bridgehead atoms. The minimum absolute atomic E-state index is 0. The molecule has 0 spiro atoms. The average Bonchev–Trinajstić information content (AvgIpc) is 2.95. The zero-order chi connectivity index (χ0) is 16.4. The van der Waals surface area contributed by atoms with E-state index in [9.17, 15) is 4.79 Å². The highest BCUT2D eigenvalue weighted by molar-refractivity contribution is 8.93. The van der Waals surface area contributed by atoms with Crippen LogP contribution < -0.4 is 10.1 Å². The molecular formula is C18H19BrN2O2S. The molecular weight excluding hydrogens is 388 g/mol. The van der Waals surface area contributed by atoms with Crippen molar-refractivity contribution >= 4 is 49.4 Å². The Bertz CT molecular complexity index is 877. The molecule has 2 aromatic carbocycles. The SMILES string of the molecule is Br.COc1cccc2sc(NCC(=O)c3ccc(C)cc3C)nc12. The number of para-hydroxylation sites is 1. The fraction of sp³-hybridized carbons (Fsp3) is 0.222. The highest BCUT2D eigenvalue weighted by atomic mass is 79.9. The second kappa shape index (κ2) is 7.77. The molecule has 1 N–H and O–H groups in total. The molecule has 4 nitrogen and oxygen atoms in total. The summed E-state index contributed by atoms with van der Waals surface area (Å²) in [6.45, 7) is 4.21. The Hall–Kier alpha value is -1.92. The number of rotatable bonds is 5. The lowest BCUT2D eigenvalue weighted by Crippen LogP contribution is -2.15. The molecule has 0 radical (unpaired) electrons. The summed E-state index contributed by atoms with van der Waals surface area (Å²) in [7, 11) is 1.63. The topological polar surface area (TPSA) is 51.2 Å². The van der Waals surface area contributed by atoms with E-state index in [0.717, 1.165) is 37.8 Å². The number of aryl methyl sites for hydroxylation is 2. The molecule has 1 aromatic heterocycles. The highest BCUT2D eigenvalue weighted by Gasteiger charge is 2.12. The monoisotopic (exact) mass is 406 g/mol. The number of hydrogen-bond donors (Lipinski definition) is 1. The first-order valence-electron chi connectivity index (χ1n) is 7.36. The van der Waals surface area contributed by atoms with E-state index in [-0.39, 0.29) is 29.3 Å². The summed E-state index contributed by atoms with van der Waals surface area (Å²) < 4.78 is 6.35. The maximum absolute atomic E-state index is 12.4. The molecule has 0 aliphatic carbocycles. The van der Waals surface area contributed by atoms with Crippen molar-refractivity contribution in [3.05, 3.63) is 53.1 Å².